The molecule has 0 spiro atoms. The number of anilines is 1. The molecule has 2 aliphatic rings. The van der Waals surface area contributed by atoms with Crippen LogP contribution in [0.4, 0.5) is 5.69 Å². The molecule has 1 atom stereocenters. The summed E-state index contributed by atoms with van der Waals surface area (Å²) in [5.41, 5.74) is 0.753. The fraction of sp³-hybridized carbons (Fsp3) is 0.435. The van der Waals surface area contributed by atoms with E-state index in [2.05, 4.69) is 21.6 Å². The summed E-state index contributed by atoms with van der Waals surface area (Å²) in [4.78, 5) is 2.23. The third-order valence-corrected chi connectivity index (χ3v) is 5.79. The van der Waals surface area contributed by atoms with Crippen LogP contribution in [0.3, 0.4) is 0 Å². The Balaban J connectivity index is 1.73. The van der Waals surface area contributed by atoms with Crippen molar-refractivity contribution in [1.82, 2.24) is 0 Å². The number of amidine groups is 1. The summed E-state index contributed by atoms with van der Waals surface area (Å²) in [6, 6.07) is 13.8. The lowest BCUT2D eigenvalue weighted by Gasteiger charge is -2.25. The zero-order chi connectivity index (χ0) is 20.4. The first kappa shape index (κ1) is 19.6. The molecule has 0 bridgehead atoms. The van der Waals surface area contributed by atoms with Crippen molar-refractivity contribution in [3.8, 4) is 17.2 Å². The minimum absolute atomic E-state index is 0.464. The van der Waals surface area contributed by atoms with Gasteiger partial charge in [-0.25, -0.2) is 9.48 Å². The Kier molecular flexibility index (Phi) is 5.37. The highest BCUT2D eigenvalue weighted by molar-refractivity contribution is 5.96. The standard InChI is InChI=1S/C23H29N2O4/c1-4-29-19-11-9-18(10-12-19)24-16-23(26,25-14-6-5-7-22(24)25)17-8-13-20(27-2)21(15-17)28-3/h8-13,15,26H,4-7,14,16H2,1-3H3/q+1. The minimum atomic E-state index is -1.12. The maximum Gasteiger partial charge on any atom is 0.271 e. The van der Waals surface area contributed by atoms with Crippen molar-refractivity contribution in [2.45, 2.75) is 31.9 Å². The van der Waals surface area contributed by atoms with Gasteiger partial charge in [-0.3, -0.25) is 0 Å². The van der Waals surface area contributed by atoms with Crippen molar-refractivity contribution in [2.75, 3.05) is 38.8 Å². The Morgan fingerprint density at radius 3 is 2.48 bits per heavy atom. The van der Waals surface area contributed by atoms with Crippen molar-refractivity contribution in [3.05, 3.63) is 48.0 Å². The predicted octanol–water partition coefficient (Wildman–Crippen LogP) is 3.36. The predicted molar refractivity (Wildman–Crippen MR) is 112 cm³/mol. The number of aliphatic hydroxyl groups is 1. The molecule has 0 saturated heterocycles. The van der Waals surface area contributed by atoms with Crippen LogP contribution in [0.5, 0.6) is 17.2 Å². The van der Waals surface area contributed by atoms with E-state index >= 15 is 0 Å². The summed E-state index contributed by atoms with van der Waals surface area (Å²) in [6.07, 6.45) is 3.14. The van der Waals surface area contributed by atoms with Gasteiger partial charge in [-0.2, -0.15) is 0 Å². The van der Waals surface area contributed by atoms with Crippen LogP contribution in [-0.4, -0.2) is 49.4 Å². The summed E-state index contributed by atoms with van der Waals surface area (Å²) in [7, 11) is 3.23. The number of β-amino-alcohol motifs (C(OH)–C–C–N with tert-alkyl or cyclic N) is 1. The van der Waals surface area contributed by atoms with Gasteiger partial charge in [0.2, 0.25) is 0 Å². The second-order valence-corrected chi connectivity index (χ2v) is 7.42. The molecule has 0 aromatic heterocycles. The Morgan fingerprint density at radius 1 is 1.03 bits per heavy atom. The van der Waals surface area contributed by atoms with E-state index < -0.39 is 5.72 Å². The molecule has 2 heterocycles. The monoisotopic (exact) mass is 397 g/mol. The largest absolute Gasteiger partial charge is 0.494 e. The molecular formula is C23H29N2O4+. The topological polar surface area (TPSA) is 54.2 Å². The molecule has 1 unspecified atom stereocenters. The molecule has 4 rings (SSSR count). The highest BCUT2D eigenvalue weighted by Crippen LogP contribution is 2.39. The molecule has 2 aromatic carbocycles. The fourth-order valence-electron chi connectivity index (χ4n) is 4.35. The molecule has 6 nitrogen and oxygen atoms in total. The lowest BCUT2D eigenvalue weighted by molar-refractivity contribution is -0.661. The van der Waals surface area contributed by atoms with Crippen LogP contribution in [0, 0.1) is 0 Å². The van der Waals surface area contributed by atoms with Crippen molar-refractivity contribution in [1.29, 1.82) is 0 Å². The van der Waals surface area contributed by atoms with Gasteiger partial charge < -0.3 is 19.3 Å². The third-order valence-electron chi connectivity index (χ3n) is 5.79. The highest BCUT2D eigenvalue weighted by atomic mass is 16.5. The average molecular weight is 397 g/mol. The zero-order valence-electron chi connectivity index (χ0n) is 17.4. The molecule has 0 fully saturated rings. The van der Waals surface area contributed by atoms with Gasteiger partial charge in [-0.1, -0.05) is 0 Å². The van der Waals surface area contributed by atoms with Crippen LogP contribution in [0.1, 0.15) is 31.7 Å². The molecule has 6 heteroatoms. The Hall–Kier alpha value is -2.73. The number of benzene rings is 2. The lowest BCUT2D eigenvalue weighted by atomic mass is 10.0. The first-order valence-electron chi connectivity index (χ1n) is 10.2. The molecule has 0 aliphatic carbocycles. The maximum atomic E-state index is 11.9. The van der Waals surface area contributed by atoms with Gasteiger partial charge in [-0.15, -0.1) is 0 Å². The molecule has 0 radical (unpaired) electrons. The van der Waals surface area contributed by atoms with Crippen LogP contribution >= 0.6 is 0 Å². The molecule has 2 aromatic rings. The van der Waals surface area contributed by atoms with Crippen LogP contribution in [0.25, 0.3) is 0 Å². The van der Waals surface area contributed by atoms with E-state index in [4.69, 9.17) is 14.2 Å². The highest BCUT2D eigenvalue weighted by Gasteiger charge is 2.52. The van der Waals surface area contributed by atoms with E-state index in [1.807, 2.05) is 37.3 Å². The Bertz CT molecular complexity index is 910. The van der Waals surface area contributed by atoms with Crippen molar-refractivity contribution in [3.63, 3.8) is 0 Å². The van der Waals surface area contributed by atoms with Crippen LogP contribution < -0.4 is 19.1 Å². The van der Waals surface area contributed by atoms with Crippen LogP contribution in [-0.2, 0) is 5.72 Å². The second kappa shape index (κ2) is 7.95. The Labute approximate surface area is 171 Å². The summed E-state index contributed by atoms with van der Waals surface area (Å²) in [5, 5.41) is 11.9. The van der Waals surface area contributed by atoms with Crippen molar-refractivity contribution >= 4 is 11.5 Å². The average Bonchev–Trinajstić information content (AvgIpc) is 3.08. The number of methoxy groups -OCH3 is 2. The van der Waals surface area contributed by atoms with E-state index in [9.17, 15) is 5.11 Å². The number of nitrogens with zero attached hydrogens (tertiary/aromatic N) is 2. The molecule has 154 valence electrons. The second-order valence-electron chi connectivity index (χ2n) is 7.42. The quantitative estimate of drug-likeness (QED) is 0.758. The van der Waals surface area contributed by atoms with Crippen molar-refractivity contribution in [2.24, 2.45) is 0 Å². The van der Waals surface area contributed by atoms with E-state index in [-0.39, 0.29) is 0 Å². The van der Waals surface area contributed by atoms with Gasteiger partial charge in [0, 0.05) is 12.0 Å². The van der Waals surface area contributed by atoms with Gasteiger partial charge in [-0.05, 0) is 62.2 Å². The van der Waals surface area contributed by atoms with E-state index in [0.717, 1.165) is 48.6 Å². The van der Waals surface area contributed by atoms with Gasteiger partial charge in [0.1, 0.15) is 11.4 Å². The zero-order valence-corrected chi connectivity index (χ0v) is 17.4. The van der Waals surface area contributed by atoms with E-state index in [1.165, 1.54) is 0 Å². The van der Waals surface area contributed by atoms with E-state index in [0.29, 0.717) is 24.7 Å². The fourth-order valence-corrected chi connectivity index (χ4v) is 4.35. The third kappa shape index (κ3) is 3.42. The van der Waals surface area contributed by atoms with Crippen LogP contribution in [0.2, 0.25) is 0 Å². The molecule has 1 N–H and O–H groups in total. The first-order chi connectivity index (χ1) is 14.1. The van der Waals surface area contributed by atoms with Crippen molar-refractivity contribution < 1.29 is 23.9 Å². The number of hydrogen-bond acceptors (Lipinski definition) is 5. The molecule has 29 heavy (non-hydrogen) atoms. The number of rotatable bonds is 6. The summed E-state index contributed by atoms with van der Waals surface area (Å²) < 4.78 is 18.6. The summed E-state index contributed by atoms with van der Waals surface area (Å²) in [5.74, 6) is 3.30. The Morgan fingerprint density at radius 2 is 1.79 bits per heavy atom. The van der Waals surface area contributed by atoms with Gasteiger partial charge in [0.05, 0.1) is 27.4 Å². The maximum absolute atomic E-state index is 11.9. The van der Waals surface area contributed by atoms with Gasteiger partial charge in [0.15, 0.2) is 18.0 Å². The number of ether oxygens (including phenoxy) is 3. The normalized spacial score (nSPS) is 21.2. The van der Waals surface area contributed by atoms with Gasteiger partial charge in [0.25, 0.3) is 11.6 Å². The smallest absolute Gasteiger partial charge is 0.271 e. The number of hydrogen-bond donors (Lipinski definition) is 1. The SMILES string of the molecule is CCOc1ccc(N2CC(O)(c3ccc(OC)c(OC)c3)[N+]3=C2CCCC3)cc1. The summed E-state index contributed by atoms with van der Waals surface area (Å²) in [6.45, 7) is 3.92. The summed E-state index contributed by atoms with van der Waals surface area (Å²) >= 11 is 0. The van der Waals surface area contributed by atoms with E-state index in [1.54, 1.807) is 14.2 Å². The lowest BCUT2D eigenvalue weighted by Crippen LogP contribution is -2.41. The first-order valence-corrected chi connectivity index (χ1v) is 10.2. The molecule has 2 aliphatic heterocycles. The molecular weight excluding hydrogens is 368 g/mol. The van der Waals surface area contributed by atoms with Gasteiger partial charge >= 0.3 is 0 Å². The molecule has 0 amide bonds. The van der Waals surface area contributed by atoms with Crippen LogP contribution in [0.15, 0.2) is 42.5 Å². The molecule has 0 saturated carbocycles. The minimum Gasteiger partial charge on any atom is -0.494 e.